The third-order valence-electron chi connectivity index (χ3n) is 6.49. The molecule has 1 fully saturated rings. The number of nitrogens with zero attached hydrogens (tertiary/aromatic N) is 4. The summed E-state index contributed by atoms with van der Waals surface area (Å²) in [6, 6.07) is 10.6. The Kier molecular flexibility index (Phi) is 6.08. The van der Waals surface area contributed by atoms with Gasteiger partial charge in [-0.2, -0.15) is 13.2 Å². The van der Waals surface area contributed by atoms with Crippen LogP contribution in [0.4, 0.5) is 35.2 Å². The average molecular weight is 516 g/mol. The summed E-state index contributed by atoms with van der Waals surface area (Å²) < 4.78 is 45.4. The van der Waals surface area contributed by atoms with Gasteiger partial charge in [0.05, 0.1) is 31.0 Å². The van der Waals surface area contributed by atoms with E-state index in [1.165, 1.54) is 22.7 Å². The van der Waals surface area contributed by atoms with Gasteiger partial charge in [-0.25, -0.2) is 14.8 Å². The van der Waals surface area contributed by atoms with Gasteiger partial charge < -0.3 is 10.1 Å². The smallest absolute Gasteiger partial charge is 0.376 e. The number of carbonyl (C=O) groups excluding carboxylic acids is 1. The van der Waals surface area contributed by atoms with E-state index in [2.05, 4.69) is 15.3 Å². The van der Waals surface area contributed by atoms with E-state index < -0.39 is 17.3 Å². The summed E-state index contributed by atoms with van der Waals surface area (Å²) in [6.07, 6.45) is -0.828. The van der Waals surface area contributed by atoms with Gasteiger partial charge in [0.1, 0.15) is 11.4 Å². The normalized spacial score (nSPS) is 17.0. The van der Waals surface area contributed by atoms with Crippen molar-refractivity contribution in [1.29, 1.82) is 0 Å². The molecule has 0 bridgehead atoms. The average Bonchev–Trinajstić information content (AvgIpc) is 2.84. The van der Waals surface area contributed by atoms with E-state index in [1.54, 1.807) is 24.2 Å². The number of anilines is 3. The van der Waals surface area contributed by atoms with Gasteiger partial charge in [0.2, 0.25) is 0 Å². The highest BCUT2D eigenvalue weighted by molar-refractivity contribution is 7.98. The third-order valence-corrected chi connectivity index (χ3v) is 7.05. The molecule has 2 amide bonds. The number of nitrogens with one attached hydrogen (secondary N) is 1. The molecule has 1 aromatic heterocycles. The predicted molar refractivity (Wildman–Crippen MR) is 133 cm³/mol. The fourth-order valence-corrected chi connectivity index (χ4v) is 4.78. The van der Waals surface area contributed by atoms with Crippen LogP contribution in [0.25, 0.3) is 0 Å². The molecule has 2 aliphatic heterocycles. The molecule has 3 heterocycles. The Labute approximate surface area is 210 Å². The molecule has 2 aromatic carbocycles. The van der Waals surface area contributed by atoms with Crippen LogP contribution >= 0.6 is 11.8 Å². The molecule has 2 aliphatic rings. The number of alkyl halides is 3. The number of ether oxygens (including phenoxy) is 1. The van der Waals surface area contributed by atoms with Crippen LogP contribution in [0.15, 0.2) is 53.8 Å². The number of rotatable bonds is 5. The Balaban J connectivity index is 1.46. The number of hydrogen-bond acceptors (Lipinski definition) is 6. The molecule has 1 saturated heterocycles. The second-order valence-electron chi connectivity index (χ2n) is 8.91. The maximum absolute atomic E-state index is 13.3. The van der Waals surface area contributed by atoms with Crippen molar-refractivity contribution in [3.8, 4) is 0 Å². The van der Waals surface area contributed by atoms with Crippen molar-refractivity contribution in [2.24, 2.45) is 0 Å². The Bertz CT molecular complexity index is 1330. The lowest BCUT2D eigenvalue weighted by Crippen LogP contribution is -2.53. The zero-order valence-electron chi connectivity index (χ0n) is 19.9. The van der Waals surface area contributed by atoms with E-state index in [0.717, 1.165) is 23.3 Å². The highest BCUT2D eigenvalue weighted by Gasteiger charge is 2.42. The number of amides is 2. The zero-order chi connectivity index (χ0) is 25.7. The summed E-state index contributed by atoms with van der Waals surface area (Å²) in [7, 11) is 1.68. The molecule has 5 rings (SSSR count). The van der Waals surface area contributed by atoms with E-state index in [-0.39, 0.29) is 19.2 Å². The molecule has 11 heteroatoms. The summed E-state index contributed by atoms with van der Waals surface area (Å²) in [5, 5.41) is 3.97. The van der Waals surface area contributed by atoms with Crippen molar-refractivity contribution in [2.75, 3.05) is 41.6 Å². The summed E-state index contributed by atoms with van der Waals surface area (Å²) in [6.45, 7) is 2.67. The Morgan fingerprint density at radius 1 is 1.17 bits per heavy atom. The summed E-state index contributed by atoms with van der Waals surface area (Å²) in [5.74, 6) is 0.581. The van der Waals surface area contributed by atoms with Crippen molar-refractivity contribution in [3.05, 3.63) is 70.9 Å². The minimum Gasteiger partial charge on any atom is -0.376 e. The first-order chi connectivity index (χ1) is 17.1. The van der Waals surface area contributed by atoms with Gasteiger partial charge in [-0.05, 0) is 48.6 Å². The number of urea groups is 1. The van der Waals surface area contributed by atoms with Crippen molar-refractivity contribution < 1.29 is 22.7 Å². The molecule has 0 radical (unpaired) electrons. The van der Waals surface area contributed by atoms with Crippen LogP contribution in [0.5, 0.6) is 0 Å². The summed E-state index contributed by atoms with van der Waals surface area (Å²) >= 11 is 1.40. The maximum Gasteiger partial charge on any atom is 0.416 e. The molecule has 0 spiro atoms. The van der Waals surface area contributed by atoms with Crippen LogP contribution in [0.2, 0.25) is 0 Å². The predicted octanol–water partition coefficient (Wildman–Crippen LogP) is 5.44. The lowest BCUT2D eigenvalue weighted by atomic mass is 9.86. The van der Waals surface area contributed by atoms with Crippen molar-refractivity contribution >= 4 is 35.0 Å². The number of halogens is 3. The lowest BCUT2D eigenvalue weighted by molar-refractivity contribution is -0.137. The molecule has 1 N–H and O–H groups in total. The molecule has 36 heavy (non-hydrogen) atoms. The van der Waals surface area contributed by atoms with E-state index in [1.807, 2.05) is 31.4 Å². The SMILES string of the molecule is CSc1ncc2c(n1)N(C)C(=O)N(c1cc(NC3(c4cccc(C(F)(F)F)c4)COC3)ccc1C)C2. The number of aryl methyl sites for hydroxylation is 1. The quantitative estimate of drug-likeness (QED) is 0.361. The van der Waals surface area contributed by atoms with Crippen LogP contribution < -0.4 is 15.1 Å². The van der Waals surface area contributed by atoms with Gasteiger partial charge in [-0.1, -0.05) is 30.0 Å². The summed E-state index contributed by atoms with van der Waals surface area (Å²) in [5.41, 5.74) is 2.05. The number of hydrogen-bond donors (Lipinski definition) is 1. The second-order valence-corrected chi connectivity index (χ2v) is 9.69. The summed E-state index contributed by atoms with van der Waals surface area (Å²) in [4.78, 5) is 25.3. The number of aromatic nitrogens is 2. The topological polar surface area (TPSA) is 70.6 Å². The first-order valence-electron chi connectivity index (χ1n) is 11.2. The first-order valence-corrected chi connectivity index (χ1v) is 12.4. The Morgan fingerprint density at radius 2 is 1.94 bits per heavy atom. The fraction of sp³-hybridized carbons (Fsp3) is 0.320. The van der Waals surface area contributed by atoms with E-state index in [9.17, 15) is 18.0 Å². The number of carbonyl (C=O) groups is 1. The van der Waals surface area contributed by atoms with E-state index in [4.69, 9.17) is 4.74 Å². The van der Waals surface area contributed by atoms with E-state index >= 15 is 0 Å². The number of thioether (sulfide) groups is 1. The molecule has 0 atom stereocenters. The molecular weight excluding hydrogens is 491 g/mol. The highest BCUT2D eigenvalue weighted by atomic mass is 32.2. The molecular formula is C25H24F3N5O2S. The minimum atomic E-state index is -4.43. The Morgan fingerprint density at radius 3 is 2.61 bits per heavy atom. The molecule has 0 saturated carbocycles. The van der Waals surface area contributed by atoms with Crippen molar-refractivity contribution in [1.82, 2.24) is 9.97 Å². The molecule has 0 unspecified atom stereocenters. The number of benzene rings is 2. The fourth-order valence-electron chi connectivity index (χ4n) is 4.44. The van der Waals surface area contributed by atoms with Crippen LogP contribution in [-0.4, -0.2) is 42.5 Å². The van der Waals surface area contributed by atoms with Crippen LogP contribution in [0.1, 0.15) is 22.3 Å². The minimum absolute atomic E-state index is 0.228. The lowest BCUT2D eigenvalue weighted by Gasteiger charge is -2.43. The van der Waals surface area contributed by atoms with Gasteiger partial charge in [0.25, 0.3) is 0 Å². The van der Waals surface area contributed by atoms with Crippen LogP contribution in [-0.2, 0) is 23.0 Å². The van der Waals surface area contributed by atoms with Crippen LogP contribution in [0.3, 0.4) is 0 Å². The van der Waals surface area contributed by atoms with Crippen LogP contribution in [0, 0.1) is 6.92 Å². The van der Waals surface area contributed by atoms with Gasteiger partial charge in [-0.15, -0.1) is 0 Å². The first kappa shape index (κ1) is 24.4. The second kappa shape index (κ2) is 8.97. The van der Waals surface area contributed by atoms with Crippen molar-refractivity contribution in [3.63, 3.8) is 0 Å². The van der Waals surface area contributed by atoms with Gasteiger partial charge in [0, 0.05) is 24.5 Å². The zero-order valence-corrected chi connectivity index (χ0v) is 20.7. The third kappa shape index (κ3) is 4.26. The molecule has 188 valence electrons. The Hall–Kier alpha value is -3.31. The molecule has 0 aliphatic carbocycles. The van der Waals surface area contributed by atoms with Gasteiger partial charge in [-0.3, -0.25) is 9.80 Å². The standard InChI is InChI=1S/C25H24F3N5O2S/c1-15-7-8-19(31-24(13-35-14-24)17-5-4-6-18(9-17)25(26,27)28)10-20(15)33-12-16-11-29-22(36-3)30-21(16)32(2)23(33)34/h4-11,31H,12-14H2,1-3H3. The van der Waals surface area contributed by atoms with Gasteiger partial charge >= 0.3 is 12.2 Å². The number of fused-ring (bicyclic) bond motifs is 1. The van der Waals surface area contributed by atoms with E-state index in [0.29, 0.717) is 34.5 Å². The molecule has 3 aromatic rings. The monoisotopic (exact) mass is 515 g/mol. The maximum atomic E-state index is 13.3. The largest absolute Gasteiger partial charge is 0.416 e. The van der Waals surface area contributed by atoms with Gasteiger partial charge in [0.15, 0.2) is 5.16 Å². The van der Waals surface area contributed by atoms with Crippen molar-refractivity contribution in [2.45, 2.75) is 30.3 Å². The molecule has 7 nitrogen and oxygen atoms in total. The highest BCUT2D eigenvalue weighted by Crippen LogP contribution is 2.39.